The van der Waals surface area contributed by atoms with Gasteiger partial charge in [0, 0.05) is 18.5 Å². The molecule has 7 nitrogen and oxygen atoms in total. The van der Waals surface area contributed by atoms with Crippen molar-refractivity contribution in [3.63, 3.8) is 0 Å². The maximum absolute atomic E-state index is 12.7. The minimum atomic E-state index is -0.198. The second-order valence-corrected chi connectivity index (χ2v) is 8.70. The van der Waals surface area contributed by atoms with Gasteiger partial charge in [0.05, 0.1) is 31.0 Å². The van der Waals surface area contributed by atoms with Gasteiger partial charge in [-0.15, -0.1) is 0 Å². The molecular weight excluding hydrogens is 406 g/mol. The molecule has 0 saturated heterocycles. The SMILES string of the molecule is CC(C)[C@H](NCC(=O)Nc1ccccc1C(=O)NC1CC1)c1ccc2c(c1)OCCCO2. The van der Waals surface area contributed by atoms with E-state index < -0.39 is 0 Å². The molecule has 2 aliphatic rings. The highest BCUT2D eigenvalue weighted by molar-refractivity contribution is 6.04. The lowest BCUT2D eigenvalue weighted by atomic mass is 9.95. The maximum Gasteiger partial charge on any atom is 0.253 e. The molecule has 170 valence electrons. The Morgan fingerprint density at radius 1 is 1.03 bits per heavy atom. The molecule has 0 spiro atoms. The van der Waals surface area contributed by atoms with Crippen LogP contribution in [0.15, 0.2) is 42.5 Å². The van der Waals surface area contributed by atoms with Crippen LogP contribution in [0.2, 0.25) is 0 Å². The summed E-state index contributed by atoms with van der Waals surface area (Å²) in [5, 5.41) is 9.21. The second-order valence-electron chi connectivity index (χ2n) is 8.70. The van der Waals surface area contributed by atoms with Crippen molar-refractivity contribution < 1.29 is 19.1 Å². The maximum atomic E-state index is 12.7. The Morgan fingerprint density at radius 2 is 1.78 bits per heavy atom. The van der Waals surface area contributed by atoms with Gasteiger partial charge in [-0.05, 0) is 48.6 Å². The summed E-state index contributed by atoms with van der Waals surface area (Å²) in [6, 6.07) is 13.3. The van der Waals surface area contributed by atoms with Crippen molar-refractivity contribution in [1.29, 1.82) is 0 Å². The number of anilines is 1. The number of rotatable bonds is 8. The molecule has 0 bridgehead atoms. The first-order chi connectivity index (χ1) is 15.5. The summed E-state index contributed by atoms with van der Waals surface area (Å²) in [4.78, 5) is 25.2. The number of carbonyl (C=O) groups excluding carboxylic acids is 2. The van der Waals surface area contributed by atoms with Crippen molar-refractivity contribution in [2.75, 3.05) is 25.1 Å². The molecule has 32 heavy (non-hydrogen) atoms. The van der Waals surface area contributed by atoms with Gasteiger partial charge in [0.1, 0.15) is 0 Å². The molecule has 1 atom stereocenters. The van der Waals surface area contributed by atoms with Gasteiger partial charge in [-0.1, -0.05) is 32.0 Å². The van der Waals surface area contributed by atoms with Crippen molar-refractivity contribution in [3.05, 3.63) is 53.6 Å². The van der Waals surface area contributed by atoms with Gasteiger partial charge in [-0.25, -0.2) is 0 Å². The average Bonchev–Trinajstić information content (AvgIpc) is 3.60. The minimum Gasteiger partial charge on any atom is -0.490 e. The Kier molecular flexibility index (Phi) is 6.95. The van der Waals surface area contributed by atoms with Crippen LogP contribution in [0.3, 0.4) is 0 Å². The first-order valence-electron chi connectivity index (χ1n) is 11.3. The molecule has 1 heterocycles. The zero-order chi connectivity index (χ0) is 22.5. The minimum absolute atomic E-state index is 0.0358. The van der Waals surface area contributed by atoms with Gasteiger partial charge in [-0.3, -0.25) is 9.59 Å². The van der Waals surface area contributed by atoms with Crippen molar-refractivity contribution in [3.8, 4) is 11.5 Å². The third kappa shape index (κ3) is 5.59. The van der Waals surface area contributed by atoms with Crippen LogP contribution in [0.25, 0.3) is 0 Å². The Morgan fingerprint density at radius 3 is 2.53 bits per heavy atom. The van der Waals surface area contributed by atoms with Gasteiger partial charge in [0.2, 0.25) is 5.91 Å². The number of benzene rings is 2. The lowest BCUT2D eigenvalue weighted by Crippen LogP contribution is -2.34. The number of carbonyl (C=O) groups is 2. The van der Waals surface area contributed by atoms with E-state index in [1.165, 1.54) is 0 Å². The molecule has 7 heteroatoms. The quantitative estimate of drug-likeness (QED) is 0.587. The van der Waals surface area contributed by atoms with Gasteiger partial charge in [-0.2, -0.15) is 0 Å². The van der Waals surface area contributed by atoms with Crippen LogP contribution in [0.4, 0.5) is 5.69 Å². The van der Waals surface area contributed by atoms with E-state index in [4.69, 9.17) is 9.47 Å². The molecule has 0 unspecified atom stereocenters. The standard InChI is InChI=1S/C25H31N3O4/c1-16(2)24(17-8-11-21-22(14-17)32-13-5-12-31-21)26-15-23(29)28-20-7-4-3-6-19(20)25(30)27-18-9-10-18/h3-4,6-8,11,14,16,18,24,26H,5,9-10,12-13,15H2,1-2H3,(H,27,30)(H,28,29)/t24-/m0/s1. The van der Waals surface area contributed by atoms with Crippen LogP contribution in [0, 0.1) is 5.92 Å². The Labute approximate surface area is 188 Å². The molecular formula is C25H31N3O4. The molecule has 2 amide bonds. The first kappa shape index (κ1) is 22.1. The lowest BCUT2D eigenvalue weighted by molar-refractivity contribution is -0.115. The van der Waals surface area contributed by atoms with Crippen LogP contribution in [0.1, 0.15) is 55.1 Å². The number of ether oxygens (including phenoxy) is 2. The van der Waals surface area contributed by atoms with Gasteiger partial charge >= 0.3 is 0 Å². The van der Waals surface area contributed by atoms with Crippen molar-refractivity contribution in [1.82, 2.24) is 10.6 Å². The molecule has 2 aromatic carbocycles. The summed E-state index contributed by atoms with van der Waals surface area (Å²) in [6.45, 7) is 5.62. The highest BCUT2D eigenvalue weighted by Gasteiger charge is 2.25. The van der Waals surface area contributed by atoms with E-state index >= 15 is 0 Å². The summed E-state index contributed by atoms with van der Waals surface area (Å²) < 4.78 is 11.5. The highest BCUT2D eigenvalue weighted by atomic mass is 16.5. The van der Waals surface area contributed by atoms with Crippen molar-refractivity contribution in [2.45, 2.75) is 45.2 Å². The molecule has 4 rings (SSSR count). The monoisotopic (exact) mass is 437 g/mol. The van der Waals surface area contributed by atoms with Gasteiger partial charge in [0.15, 0.2) is 11.5 Å². The molecule has 1 saturated carbocycles. The molecule has 0 aromatic heterocycles. The second kappa shape index (κ2) is 10.0. The van der Waals surface area contributed by atoms with Crippen LogP contribution >= 0.6 is 0 Å². The molecule has 0 radical (unpaired) electrons. The van der Waals surface area contributed by atoms with E-state index in [2.05, 4.69) is 29.8 Å². The number of para-hydroxylation sites is 1. The predicted octanol–water partition coefficient (Wildman–Crippen LogP) is 3.67. The van der Waals surface area contributed by atoms with E-state index in [0.29, 0.717) is 24.5 Å². The van der Waals surface area contributed by atoms with E-state index in [9.17, 15) is 9.59 Å². The third-order valence-corrected chi connectivity index (χ3v) is 5.64. The molecule has 1 aliphatic heterocycles. The van der Waals surface area contributed by atoms with Crippen LogP contribution < -0.4 is 25.4 Å². The van der Waals surface area contributed by atoms with Gasteiger partial charge in [0.25, 0.3) is 5.91 Å². The highest BCUT2D eigenvalue weighted by Crippen LogP contribution is 2.34. The number of fused-ring (bicyclic) bond motifs is 1. The van der Waals surface area contributed by atoms with E-state index in [0.717, 1.165) is 36.3 Å². The number of hydrogen-bond donors (Lipinski definition) is 3. The van der Waals surface area contributed by atoms with Crippen LogP contribution in [0.5, 0.6) is 11.5 Å². The fourth-order valence-corrected chi connectivity index (χ4v) is 3.79. The normalized spacial score (nSPS) is 16.2. The van der Waals surface area contributed by atoms with Crippen molar-refractivity contribution >= 4 is 17.5 Å². The fraction of sp³-hybridized carbons (Fsp3) is 0.440. The molecule has 3 N–H and O–H groups in total. The number of hydrogen-bond acceptors (Lipinski definition) is 5. The van der Waals surface area contributed by atoms with Crippen LogP contribution in [-0.4, -0.2) is 37.6 Å². The predicted molar refractivity (Wildman–Crippen MR) is 123 cm³/mol. The lowest BCUT2D eigenvalue weighted by Gasteiger charge is -2.24. The van der Waals surface area contributed by atoms with E-state index in [-0.39, 0.29) is 36.4 Å². The summed E-state index contributed by atoms with van der Waals surface area (Å²) in [6.07, 6.45) is 2.89. The Bertz CT molecular complexity index is 971. The summed E-state index contributed by atoms with van der Waals surface area (Å²) >= 11 is 0. The first-order valence-corrected chi connectivity index (χ1v) is 11.3. The van der Waals surface area contributed by atoms with Gasteiger partial charge < -0.3 is 25.4 Å². The fourth-order valence-electron chi connectivity index (χ4n) is 3.79. The summed E-state index contributed by atoms with van der Waals surface area (Å²) in [5.74, 6) is 1.41. The average molecular weight is 438 g/mol. The third-order valence-electron chi connectivity index (χ3n) is 5.64. The number of amides is 2. The molecule has 1 aliphatic carbocycles. The largest absolute Gasteiger partial charge is 0.490 e. The van der Waals surface area contributed by atoms with Crippen molar-refractivity contribution in [2.24, 2.45) is 5.92 Å². The van der Waals surface area contributed by atoms with Crippen LogP contribution in [-0.2, 0) is 4.79 Å². The summed E-state index contributed by atoms with van der Waals surface area (Å²) in [5.41, 5.74) is 2.05. The molecule has 2 aromatic rings. The Balaban J connectivity index is 1.40. The van der Waals surface area contributed by atoms with E-state index in [1.807, 2.05) is 24.3 Å². The Hall–Kier alpha value is -3.06. The summed E-state index contributed by atoms with van der Waals surface area (Å²) in [7, 11) is 0. The smallest absolute Gasteiger partial charge is 0.253 e. The zero-order valence-electron chi connectivity index (χ0n) is 18.6. The number of nitrogens with one attached hydrogen (secondary N) is 3. The zero-order valence-corrected chi connectivity index (χ0v) is 18.6. The topological polar surface area (TPSA) is 88.7 Å². The molecule has 1 fully saturated rings. The van der Waals surface area contributed by atoms with E-state index in [1.54, 1.807) is 18.2 Å².